The summed E-state index contributed by atoms with van der Waals surface area (Å²) in [6.45, 7) is 3.01. The molecule has 1 N–H and O–H groups in total. The molecule has 0 atom stereocenters. The third-order valence-corrected chi connectivity index (χ3v) is 2.99. The van der Waals surface area contributed by atoms with Crippen LogP contribution in [0.1, 0.15) is 6.92 Å². The zero-order chi connectivity index (χ0) is 13.0. The Morgan fingerprint density at radius 3 is 2.61 bits per heavy atom. The maximum absolute atomic E-state index is 10.8. The minimum absolute atomic E-state index is 0.0157. The summed E-state index contributed by atoms with van der Waals surface area (Å²) in [6.07, 6.45) is 0. The largest absolute Gasteiger partial charge is 0.373 e. The quantitative estimate of drug-likeness (QED) is 0.893. The lowest BCUT2D eigenvalue weighted by Crippen LogP contribution is -2.31. The van der Waals surface area contributed by atoms with E-state index in [-0.39, 0.29) is 5.91 Å². The van der Waals surface area contributed by atoms with Crippen molar-refractivity contribution in [3.63, 3.8) is 0 Å². The number of amides is 1. The van der Waals surface area contributed by atoms with Crippen LogP contribution in [0.3, 0.4) is 0 Å². The molecule has 0 fully saturated rings. The smallest absolute Gasteiger partial charge is 0.216 e. The van der Waals surface area contributed by atoms with Gasteiger partial charge >= 0.3 is 0 Å². The van der Waals surface area contributed by atoms with Crippen LogP contribution in [-0.2, 0) is 4.79 Å². The normalized spacial score (nSPS) is 10.3. The zero-order valence-electron chi connectivity index (χ0n) is 10.8. The number of hydrogen-bond acceptors (Lipinski definition) is 2. The van der Waals surface area contributed by atoms with E-state index in [1.807, 2.05) is 19.2 Å². The third kappa shape index (κ3) is 3.00. The van der Waals surface area contributed by atoms with Gasteiger partial charge in [-0.1, -0.05) is 30.3 Å². The summed E-state index contributed by atoms with van der Waals surface area (Å²) in [5.41, 5.74) is 1.17. The molecule has 0 heterocycles. The number of likely N-dealkylation sites (N-methyl/N-ethyl adjacent to an activating group) is 1. The fourth-order valence-corrected chi connectivity index (χ4v) is 1.94. The van der Waals surface area contributed by atoms with E-state index in [4.69, 9.17) is 0 Å². The van der Waals surface area contributed by atoms with Gasteiger partial charge in [-0.15, -0.1) is 0 Å². The van der Waals surface area contributed by atoms with Gasteiger partial charge in [-0.2, -0.15) is 0 Å². The van der Waals surface area contributed by atoms with Gasteiger partial charge in [0.1, 0.15) is 0 Å². The highest BCUT2D eigenvalue weighted by atomic mass is 16.1. The molecule has 0 saturated heterocycles. The van der Waals surface area contributed by atoms with Crippen LogP contribution in [0.5, 0.6) is 0 Å². The van der Waals surface area contributed by atoms with Crippen molar-refractivity contribution in [2.75, 3.05) is 25.0 Å². The van der Waals surface area contributed by atoms with Crippen molar-refractivity contribution in [3.05, 3.63) is 42.5 Å². The highest BCUT2D eigenvalue weighted by Gasteiger charge is 2.02. The summed E-state index contributed by atoms with van der Waals surface area (Å²) < 4.78 is 0. The zero-order valence-corrected chi connectivity index (χ0v) is 10.8. The first kappa shape index (κ1) is 12.4. The van der Waals surface area contributed by atoms with Crippen LogP contribution >= 0.6 is 0 Å². The number of carbonyl (C=O) groups excluding carboxylic acids is 1. The summed E-state index contributed by atoms with van der Waals surface area (Å²) in [5, 5.41) is 5.29. The second kappa shape index (κ2) is 5.54. The van der Waals surface area contributed by atoms with Crippen LogP contribution in [0, 0.1) is 0 Å². The highest BCUT2D eigenvalue weighted by Crippen LogP contribution is 2.20. The van der Waals surface area contributed by atoms with E-state index >= 15 is 0 Å². The van der Waals surface area contributed by atoms with E-state index in [1.54, 1.807) is 0 Å². The van der Waals surface area contributed by atoms with E-state index in [2.05, 4.69) is 40.5 Å². The summed E-state index contributed by atoms with van der Waals surface area (Å²) in [7, 11) is 2.03. The van der Waals surface area contributed by atoms with Crippen LogP contribution in [0.25, 0.3) is 10.8 Å². The van der Waals surface area contributed by atoms with E-state index in [1.165, 1.54) is 23.4 Å². The number of rotatable bonds is 4. The van der Waals surface area contributed by atoms with Crippen molar-refractivity contribution in [2.45, 2.75) is 6.92 Å². The van der Waals surface area contributed by atoms with E-state index in [9.17, 15) is 4.79 Å². The first-order chi connectivity index (χ1) is 8.66. The molecular weight excluding hydrogens is 224 g/mol. The van der Waals surface area contributed by atoms with Gasteiger partial charge in [0, 0.05) is 32.7 Å². The lowest BCUT2D eigenvalue weighted by Gasteiger charge is -2.19. The van der Waals surface area contributed by atoms with Crippen molar-refractivity contribution >= 4 is 22.4 Å². The van der Waals surface area contributed by atoms with Gasteiger partial charge in [-0.3, -0.25) is 4.79 Å². The molecule has 18 heavy (non-hydrogen) atoms. The summed E-state index contributed by atoms with van der Waals surface area (Å²) in [6, 6.07) is 14.7. The number of hydrogen-bond donors (Lipinski definition) is 1. The van der Waals surface area contributed by atoms with Gasteiger partial charge in [0.15, 0.2) is 0 Å². The fraction of sp³-hybridized carbons (Fsp3) is 0.267. The lowest BCUT2D eigenvalue weighted by molar-refractivity contribution is -0.118. The Kier molecular flexibility index (Phi) is 3.82. The molecule has 3 nitrogen and oxygen atoms in total. The molecular formula is C15H18N2O. The maximum atomic E-state index is 10.8. The van der Waals surface area contributed by atoms with Crippen LogP contribution < -0.4 is 10.2 Å². The fourth-order valence-electron chi connectivity index (χ4n) is 1.94. The molecule has 0 aliphatic rings. The molecule has 0 bridgehead atoms. The standard InChI is InChI=1S/C15H18N2O/c1-12(18)16-9-10-17(2)15-8-7-13-5-3-4-6-14(13)11-15/h3-8,11H,9-10H2,1-2H3,(H,16,18). The SMILES string of the molecule is CC(=O)NCCN(C)c1ccc2ccccc2c1. The van der Waals surface area contributed by atoms with Crippen LogP contribution in [-0.4, -0.2) is 26.0 Å². The number of nitrogens with one attached hydrogen (secondary N) is 1. The van der Waals surface area contributed by atoms with Crippen molar-refractivity contribution in [1.82, 2.24) is 5.32 Å². The van der Waals surface area contributed by atoms with Crippen molar-refractivity contribution < 1.29 is 4.79 Å². The lowest BCUT2D eigenvalue weighted by atomic mass is 10.1. The van der Waals surface area contributed by atoms with E-state index < -0.39 is 0 Å². The van der Waals surface area contributed by atoms with E-state index in [0.717, 1.165) is 6.54 Å². The van der Waals surface area contributed by atoms with Gasteiger partial charge in [0.2, 0.25) is 5.91 Å². The number of benzene rings is 2. The summed E-state index contributed by atoms with van der Waals surface area (Å²) in [4.78, 5) is 12.9. The van der Waals surface area contributed by atoms with Gasteiger partial charge in [-0.05, 0) is 22.9 Å². The first-order valence-electron chi connectivity index (χ1n) is 6.11. The van der Waals surface area contributed by atoms with Crippen LogP contribution in [0.15, 0.2) is 42.5 Å². The van der Waals surface area contributed by atoms with Crippen LogP contribution in [0.4, 0.5) is 5.69 Å². The summed E-state index contributed by atoms with van der Waals surface area (Å²) in [5.74, 6) is 0.0157. The Bertz CT molecular complexity index is 551. The molecule has 3 heteroatoms. The molecule has 1 amide bonds. The Balaban J connectivity index is 2.08. The number of fused-ring (bicyclic) bond motifs is 1. The predicted molar refractivity (Wildman–Crippen MR) is 75.9 cm³/mol. The molecule has 2 rings (SSSR count). The Labute approximate surface area is 107 Å². The second-order valence-electron chi connectivity index (χ2n) is 4.44. The van der Waals surface area contributed by atoms with Crippen molar-refractivity contribution in [1.29, 1.82) is 0 Å². The topological polar surface area (TPSA) is 32.3 Å². The minimum atomic E-state index is 0.0157. The average Bonchev–Trinajstić information content (AvgIpc) is 2.37. The first-order valence-corrected chi connectivity index (χ1v) is 6.11. The Morgan fingerprint density at radius 1 is 1.17 bits per heavy atom. The Morgan fingerprint density at radius 2 is 1.89 bits per heavy atom. The predicted octanol–water partition coefficient (Wildman–Crippen LogP) is 2.41. The molecule has 0 unspecified atom stereocenters. The maximum Gasteiger partial charge on any atom is 0.216 e. The molecule has 0 saturated carbocycles. The number of nitrogens with zero attached hydrogens (tertiary/aromatic N) is 1. The van der Waals surface area contributed by atoms with Gasteiger partial charge in [-0.25, -0.2) is 0 Å². The van der Waals surface area contributed by atoms with Gasteiger partial charge in [0.25, 0.3) is 0 Å². The monoisotopic (exact) mass is 242 g/mol. The number of carbonyl (C=O) groups is 1. The average molecular weight is 242 g/mol. The molecule has 2 aromatic carbocycles. The second-order valence-corrected chi connectivity index (χ2v) is 4.44. The molecule has 0 aliphatic heterocycles. The third-order valence-electron chi connectivity index (χ3n) is 2.99. The minimum Gasteiger partial charge on any atom is -0.373 e. The van der Waals surface area contributed by atoms with Crippen molar-refractivity contribution in [3.8, 4) is 0 Å². The number of anilines is 1. The van der Waals surface area contributed by atoms with Gasteiger partial charge in [0.05, 0.1) is 0 Å². The molecule has 0 spiro atoms. The molecule has 94 valence electrons. The summed E-state index contributed by atoms with van der Waals surface area (Å²) >= 11 is 0. The molecule has 0 aromatic heterocycles. The van der Waals surface area contributed by atoms with Crippen LogP contribution in [0.2, 0.25) is 0 Å². The molecule has 2 aromatic rings. The van der Waals surface area contributed by atoms with E-state index in [0.29, 0.717) is 6.54 Å². The molecule has 0 aliphatic carbocycles. The molecule has 0 radical (unpaired) electrons. The Hall–Kier alpha value is -2.03. The van der Waals surface area contributed by atoms with Gasteiger partial charge < -0.3 is 10.2 Å². The van der Waals surface area contributed by atoms with Crippen molar-refractivity contribution in [2.24, 2.45) is 0 Å². The highest BCUT2D eigenvalue weighted by molar-refractivity contribution is 5.85.